The number of carboxylic acids is 1. The van der Waals surface area contributed by atoms with Gasteiger partial charge in [-0.15, -0.1) is 0 Å². The van der Waals surface area contributed by atoms with Gasteiger partial charge in [-0.3, -0.25) is 0 Å². The van der Waals surface area contributed by atoms with Crippen molar-refractivity contribution in [3.63, 3.8) is 0 Å². The van der Waals surface area contributed by atoms with E-state index in [1.807, 2.05) is 26.0 Å². The number of aryl methyl sites for hydroxylation is 1. The third kappa shape index (κ3) is 4.75. The molecule has 1 aliphatic rings. The van der Waals surface area contributed by atoms with E-state index in [0.717, 1.165) is 30.9 Å². The summed E-state index contributed by atoms with van der Waals surface area (Å²) in [5.74, 6) is -5.47. The van der Waals surface area contributed by atoms with Crippen molar-refractivity contribution in [2.45, 2.75) is 64.0 Å². The first-order valence-corrected chi connectivity index (χ1v) is 11.3. The molecule has 176 valence electrons. The lowest BCUT2D eigenvalue weighted by Gasteiger charge is -2.37. The van der Waals surface area contributed by atoms with Crippen LogP contribution in [0.2, 0.25) is 0 Å². The predicted molar refractivity (Wildman–Crippen MR) is 121 cm³/mol. The second-order valence-electron chi connectivity index (χ2n) is 8.50. The van der Waals surface area contributed by atoms with Crippen LogP contribution in [0.4, 0.5) is 17.6 Å². The molecule has 2 atom stereocenters. The third-order valence-corrected chi connectivity index (χ3v) is 6.29. The predicted octanol–water partition coefficient (Wildman–Crippen LogP) is 7.62. The maximum Gasteiger partial charge on any atom is 0.338 e. The van der Waals surface area contributed by atoms with Gasteiger partial charge in [0.1, 0.15) is 5.83 Å². The molecule has 0 radical (unpaired) electrons. The van der Waals surface area contributed by atoms with Crippen molar-refractivity contribution in [3.05, 3.63) is 82.7 Å². The summed E-state index contributed by atoms with van der Waals surface area (Å²) in [6, 6.07) is 9.78. The number of hydrogen-bond donors (Lipinski definition) is 1. The van der Waals surface area contributed by atoms with Gasteiger partial charge in [0, 0.05) is 11.1 Å². The van der Waals surface area contributed by atoms with Gasteiger partial charge in [0.2, 0.25) is 0 Å². The van der Waals surface area contributed by atoms with Crippen molar-refractivity contribution < 1.29 is 27.5 Å². The number of hydrogen-bond acceptors (Lipinski definition) is 1. The molecule has 0 spiro atoms. The van der Waals surface area contributed by atoms with Crippen LogP contribution in [0.3, 0.4) is 0 Å². The van der Waals surface area contributed by atoms with Gasteiger partial charge in [-0.1, -0.05) is 82.0 Å². The molecule has 1 N–H and O–H groups in total. The summed E-state index contributed by atoms with van der Waals surface area (Å²) in [6.07, 6.45) is 3.47. The van der Waals surface area contributed by atoms with Gasteiger partial charge < -0.3 is 5.11 Å². The van der Waals surface area contributed by atoms with E-state index in [1.54, 1.807) is 12.1 Å². The molecule has 2 aromatic carbocycles. The van der Waals surface area contributed by atoms with Crippen LogP contribution >= 0.6 is 0 Å². The average molecular weight is 461 g/mol. The van der Waals surface area contributed by atoms with Gasteiger partial charge in [-0.25, -0.2) is 22.4 Å². The smallest absolute Gasteiger partial charge is 0.338 e. The number of carbonyl (C=O) groups is 1. The fraction of sp³-hybridized carbons (Fsp3) is 0.370. The molecule has 2 nitrogen and oxygen atoms in total. The Balaban J connectivity index is 2.08. The van der Waals surface area contributed by atoms with Crippen LogP contribution in [-0.2, 0) is 16.6 Å². The Kier molecular flexibility index (Phi) is 7.77. The molecular weight excluding hydrogens is 432 g/mol. The summed E-state index contributed by atoms with van der Waals surface area (Å²) in [5.41, 5.74) is -1.36. The minimum Gasteiger partial charge on any atom is -0.478 e. The number of alkyl halides is 1. The van der Waals surface area contributed by atoms with Crippen LogP contribution in [0, 0.1) is 11.6 Å². The Morgan fingerprint density at radius 3 is 2.27 bits per heavy atom. The normalized spacial score (nSPS) is 20.4. The maximum atomic E-state index is 15.4. The standard InChI is InChI=1S/C27H28F4O2/c1-3-5-6-15-27(16-14-20(26(32)33)23(29)25(27)31)21-13-12-19(22(28)24(21)30)18-10-8-17(7-4-2)9-11-18/h8-14,16,25H,3-7,15H2,1-2H3,(H,32,33). The van der Waals surface area contributed by atoms with Crippen molar-refractivity contribution in [3.8, 4) is 11.1 Å². The second kappa shape index (κ2) is 10.4. The average Bonchev–Trinajstić information content (AvgIpc) is 2.79. The van der Waals surface area contributed by atoms with E-state index in [-0.39, 0.29) is 17.5 Å². The first-order chi connectivity index (χ1) is 15.8. The van der Waals surface area contributed by atoms with Crippen LogP contribution in [0.5, 0.6) is 0 Å². The molecule has 0 amide bonds. The molecule has 2 unspecified atom stereocenters. The molecule has 0 heterocycles. The summed E-state index contributed by atoms with van der Waals surface area (Å²) in [4.78, 5) is 11.3. The molecule has 0 aromatic heterocycles. The van der Waals surface area contributed by atoms with Gasteiger partial charge in [0.05, 0.1) is 11.0 Å². The summed E-state index contributed by atoms with van der Waals surface area (Å²) >= 11 is 0. The Bertz CT molecular complexity index is 1070. The number of rotatable bonds is 9. The molecule has 6 heteroatoms. The number of unbranched alkanes of at least 4 members (excludes halogenated alkanes) is 2. The van der Waals surface area contributed by atoms with Crippen molar-refractivity contribution in [2.75, 3.05) is 0 Å². The van der Waals surface area contributed by atoms with Crippen molar-refractivity contribution in [1.82, 2.24) is 0 Å². The van der Waals surface area contributed by atoms with Crippen molar-refractivity contribution >= 4 is 5.97 Å². The molecule has 1 aliphatic carbocycles. The van der Waals surface area contributed by atoms with Crippen LogP contribution in [-0.4, -0.2) is 17.2 Å². The monoisotopic (exact) mass is 460 g/mol. The Labute approximate surface area is 191 Å². The van der Waals surface area contributed by atoms with Gasteiger partial charge in [0.25, 0.3) is 0 Å². The second-order valence-corrected chi connectivity index (χ2v) is 8.50. The van der Waals surface area contributed by atoms with Gasteiger partial charge in [-0.2, -0.15) is 0 Å². The van der Waals surface area contributed by atoms with E-state index < -0.39 is 40.6 Å². The van der Waals surface area contributed by atoms with E-state index >= 15 is 13.2 Å². The molecule has 0 bridgehead atoms. The zero-order chi connectivity index (χ0) is 24.2. The van der Waals surface area contributed by atoms with E-state index in [9.17, 15) is 9.18 Å². The van der Waals surface area contributed by atoms with Crippen LogP contribution in [0.25, 0.3) is 11.1 Å². The van der Waals surface area contributed by atoms with Crippen molar-refractivity contribution in [1.29, 1.82) is 0 Å². The first kappa shape index (κ1) is 24.7. The topological polar surface area (TPSA) is 37.3 Å². The molecule has 3 rings (SSSR count). The summed E-state index contributed by atoms with van der Waals surface area (Å²) in [7, 11) is 0. The van der Waals surface area contributed by atoms with E-state index in [1.165, 1.54) is 18.2 Å². The molecule has 2 aromatic rings. The minimum absolute atomic E-state index is 0.0141. The highest BCUT2D eigenvalue weighted by molar-refractivity contribution is 5.91. The summed E-state index contributed by atoms with van der Waals surface area (Å²) < 4.78 is 60.8. The molecular formula is C27H28F4O2. The Morgan fingerprint density at radius 2 is 1.67 bits per heavy atom. The molecule has 0 fully saturated rings. The highest BCUT2D eigenvalue weighted by atomic mass is 19.2. The number of allylic oxidation sites excluding steroid dienone is 2. The summed E-state index contributed by atoms with van der Waals surface area (Å²) in [6.45, 7) is 3.98. The largest absolute Gasteiger partial charge is 0.478 e. The first-order valence-electron chi connectivity index (χ1n) is 11.3. The Morgan fingerprint density at radius 1 is 0.970 bits per heavy atom. The fourth-order valence-corrected chi connectivity index (χ4v) is 4.44. The summed E-state index contributed by atoms with van der Waals surface area (Å²) in [5, 5.41) is 9.15. The fourth-order valence-electron chi connectivity index (χ4n) is 4.44. The molecule has 0 saturated heterocycles. The van der Waals surface area contributed by atoms with Crippen LogP contribution in [0.1, 0.15) is 57.1 Å². The lowest BCUT2D eigenvalue weighted by atomic mass is 9.68. The quantitative estimate of drug-likeness (QED) is 0.309. The van der Waals surface area contributed by atoms with Gasteiger partial charge in [-0.05, 0) is 30.0 Å². The maximum absolute atomic E-state index is 15.4. The highest BCUT2D eigenvalue weighted by Crippen LogP contribution is 2.46. The highest BCUT2D eigenvalue weighted by Gasteiger charge is 2.47. The third-order valence-electron chi connectivity index (χ3n) is 6.29. The van der Waals surface area contributed by atoms with Crippen molar-refractivity contribution in [2.24, 2.45) is 0 Å². The SMILES string of the molecule is CCCCCC1(c2ccc(-c3ccc(CCC)cc3)c(F)c2F)C=CC(C(=O)O)=C(F)C1F. The number of aliphatic carboxylic acids is 1. The number of benzene rings is 2. The lowest BCUT2D eigenvalue weighted by Crippen LogP contribution is -2.39. The number of carboxylic acid groups (broad SMARTS) is 1. The van der Waals surface area contributed by atoms with Crippen LogP contribution < -0.4 is 0 Å². The number of halogens is 4. The van der Waals surface area contributed by atoms with E-state index in [0.29, 0.717) is 18.4 Å². The zero-order valence-electron chi connectivity index (χ0n) is 18.8. The lowest BCUT2D eigenvalue weighted by molar-refractivity contribution is -0.132. The minimum atomic E-state index is -2.43. The zero-order valence-corrected chi connectivity index (χ0v) is 18.8. The molecule has 33 heavy (non-hydrogen) atoms. The van der Waals surface area contributed by atoms with E-state index in [4.69, 9.17) is 5.11 Å². The Hall–Kier alpha value is -2.89. The van der Waals surface area contributed by atoms with Gasteiger partial charge >= 0.3 is 5.97 Å². The molecule has 0 aliphatic heterocycles. The molecule has 0 saturated carbocycles. The van der Waals surface area contributed by atoms with Gasteiger partial charge in [0.15, 0.2) is 17.8 Å². The van der Waals surface area contributed by atoms with Crippen LogP contribution in [0.15, 0.2) is 60.0 Å². The van der Waals surface area contributed by atoms with E-state index in [2.05, 4.69) is 0 Å².